The molecule has 0 aromatic heterocycles. The average Bonchev–Trinajstić information content (AvgIpc) is 3.31. The summed E-state index contributed by atoms with van der Waals surface area (Å²) >= 11 is 0. The second-order valence-corrected chi connectivity index (χ2v) is 9.12. The largest absolute Gasteiger partial charge is 0.494 e. The highest BCUT2D eigenvalue weighted by atomic mass is 16.5. The van der Waals surface area contributed by atoms with Crippen molar-refractivity contribution in [3.05, 3.63) is 101 Å². The van der Waals surface area contributed by atoms with Crippen molar-refractivity contribution in [1.82, 2.24) is 5.01 Å². The van der Waals surface area contributed by atoms with E-state index in [0.29, 0.717) is 18.8 Å². The molecule has 5 heteroatoms. The molecule has 0 spiro atoms. The van der Waals surface area contributed by atoms with Gasteiger partial charge in [-0.2, -0.15) is 5.10 Å². The van der Waals surface area contributed by atoms with Gasteiger partial charge >= 0.3 is 0 Å². The van der Waals surface area contributed by atoms with Crippen molar-refractivity contribution in [3.63, 3.8) is 0 Å². The summed E-state index contributed by atoms with van der Waals surface area (Å²) in [5.41, 5.74) is 5.07. The second kappa shape index (κ2) is 10.8. The van der Waals surface area contributed by atoms with Gasteiger partial charge < -0.3 is 9.47 Å². The highest BCUT2D eigenvalue weighted by Gasteiger charge is 2.43. The summed E-state index contributed by atoms with van der Waals surface area (Å²) in [5, 5.41) is 6.71. The first-order valence-electron chi connectivity index (χ1n) is 12.8. The Morgan fingerprint density at radius 1 is 0.917 bits per heavy atom. The summed E-state index contributed by atoms with van der Waals surface area (Å²) < 4.78 is 11.2. The minimum atomic E-state index is -0.146. The third kappa shape index (κ3) is 4.92. The van der Waals surface area contributed by atoms with Crippen molar-refractivity contribution >= 4 is 17.7 Å². The molecule has 3 aromatic carbocycles. The number of fused-ring (bicyclic) bond motifs is 1. The molecule has 1 fully saturated rings. The van der Waals surface area contributed by atoms with Crippen LogP contribution in [0.1, 0.15) is 60.6 Å². The maximum absolute atomic E-state index is 13.7. The third-order valence-electron chi connectivity index (χ3n) is 6.79. The molecule has 1 saturated carbocycles. The lowest BCUT2D eigenvalue weighted by atomic mass is 9.77. The molecule has 36 heavy (non-hydrogen) atoms. The topological polar surface area (TPSA) is 51.1 Å². The molecular formula is C31H32N2O3. The van der Waals surface area contributed by atoms with Crippen molar-refractivity contribution in [3.8, 4) is 11.5 Å². The standard InChI is InChI=1S/C31H32N2O3/c1-3-35-26-17-13-22(14-18-26)21-25-11-8-12-28-29(25)32-33(31(34)24-9-6-5-7-10-24)30(28)23-15-19-27(20-16-23)36-4-2/h5-7,9-10,13-21,28,30H,3-4,8,11-12H2,1-2H3/b25-21+/t28-,30+/m0/s1. The van der Waals surface area contributed by atoms with Crippen molar-refractivity contribution in [1.29, 1.82) is 0 Å². The summed E-state index contributed by atoms with van der Waals surface area (Å²) in [6.07, 6.45) is 5.22. The Balaban J connectivity index is 1.51. The molecule has 0 unspecified atom stereocenters. The van der Waals surface area contributed by atoms with E-state index in [2.05, 4.69) is 30.3 Å². The van der Waals surface area contributed by atoms with Crippen LogP contribution in [0.25, 0.3) is 6.08 Å². The third-order valence-corrected chi connectivity index (χ3v) is 6.79. The van der Waals surface area contributed by atoms with Crippen LogP contribution >= 0.6 is 0 Å². The summed E-state index contributed by atoms with van der Waals surface area (Å²) in [6.45, 7) is 5.24. The minimum Gasteiger partial charge on any atom is -0.494 e. The van der Waals surface area contributed by atoms with E-state index in [1.165, 1.54) is 5.57 Å². The van der Waals surface area contributed by atoms with Gasteiger partial charge in [-0.15, -0.1) is 0 Å². The van der Waals surface area contributed by atoms with Crippen LogP contribution in [-0.2, 0) is 0 Å². The Hall–Kier alpha value is -3.86. The van der Waals surface area contributed by atoms with Gasteiger partial charge in [0.15, 0.2) is 0 Å². The molecule has 0 N–H and O–H groups in total. The normalized spacial score (nSPS) is 20.1. The molecule has 2 aliphatic rings. The number of hydrazone groups is 1. The summed E-state index contributed by atoms with van der Waals surface area (Å²) in [7, 11) is 0. The zero-order chi connectivity index (χ0) is 24.9. The van der Waals surface area contributed by atoms with Crippen molar-refractivity contribution in [2.45, 2.75) is 39.2 Å². The highest BCUT2D eigenvalue weighted by Crippen LogP contribution is 2.45. The predicted molar refractivity (Wildman–Crippen MR) is 143 cm³/mol. The zero-order valence-electron chi connectivity index (χ0n) is 20.9. The summed E-state index contributed by atoms with van der Waals surface area (Å²) in [6, 6.07) is 25.6. The lowest BCUT2D eigenvalue weighted by molar-refractivity contribution is 0.0681. The fraction of sp³-hybridized carbons (Fsp3) is 0.290. The van der Waals surface area contributed by atoms with E-state index >= 15 is 0 Å². The van der Waals surface area contributed by atoms with E-state index in [9.17, 15) is 4.79 Å². The predicted octanol–water partition coefficient (Wildman–Crippen LogP) is 6.92. The fourth-order valence-electron chi connectivity index (χ4n) is 5.17. The fourth-order valence-corrected chi connectivity index (χ4v) is 5.17. The van der Waals surface area contributed by atoms with Crippen LogP contribution in [0.5, 0.6) is 11.5 Å². The maximum Gasteiger partial charge on any atom is 0.274 e. The van der Waals surface area contributed by atoms with Gasteiger partial charge in [0.25, 0.3) is 5.91 Å². The SMILES string of the molecule is CCOc1ccc(/C=C2\CCC[C@H]3C2=NN(C(=O)c2ccccc2)[C@@H]3c2ccc(OCC)cc2)cc1. The Morgan fingerprint density at radius 2 is 1.56 bits per heavy atom. The van der Waals surface area contributed by atoms with E-state index in [-0.39, 0.29) is 17.9 Å². The van der Waals surface area contributed by atoms with Gasteiger partial charge in [-0.25, -0.2) is 5.01 Å². The number of allylic oxidation sites excluding steroid dienone is 1. The number of carbonyl (C=O) groups excluding carboxylic acids is 1. The molecule has 3 aromatic rings. The second-order valence-electron chi connectivity index (χ2n) is 9.12. The molecule has 184 valence electrons. The van der Waals surface area contributed by atoms with Gasteiger partial charge in [-0.1, -0.05) is 42.5 Å². The van der Waals surface area contributed by atoms with Crippen LogP contribution in [0.15, 0.2) is 89.5 Å². The van der Waals surface area contributed by atoms with E-state index < -0.39 is 0 Å². The Morgan fingerprint density at radius 3 is 2.19 bits per heavy atom. The molecule has 2 atom stereocenters. The zero-order valence-corrected chi connectivity index (χ0v) is 20.9. The van der Waals surface area contributed by atoms with Crippen LogP contribution in [0.2, 0.25) is 0 Å². The molecule has 0 saturated heterocycles. The number of hydrogen-bond donors (Lipinski definition) is 0. The maximum atomic E-state index is 13.7. The number of benzene rings is 3. The Kier molecular flexibility index (Phi) is 7.17. The number of rotatable bonds is 7. The quantitative estimate of drug-likeness (QED) is 0.369. The van der Waals surface area contributed by atoms with Crippen molar-refractivity contribution in [2.75, 3.05) is 13.2 Å². The first kappa shape index (κ1) is 23.9. The van der Waals surface area contributed by atoms with Crippen LogP contribution in [0, 0.1) is 5.92 Å². The van der Waals surface area contributed by atoms with Gasteiger partial charge in [-0.05, 0) is 92.3 Å². The van der Waals surface area contributed by atoms with Gasteiger partial charge in [0.05, 0.1) is 25.0 Å². The molecule has 0 bridgehead atoms. The first-order chi connectivity index (χ1) is 17.7. The monoisotopic (exact) mass is 480 g/mol. The molecule has 1 aliphatic heterocycles. The lowest BCUT2D eigenvalue weighted by Crippen LogP contribution is -2.31. The molecule has 1 amide bonds. The van der Waals surface area contributed by atoms with E-state index in [0.717, 1.165) is 47.6 Å². The summed E-state index contributed by atoms with van der Waals surface area (Å²) in [4.78, 5) is 13.7. The van der Waals surface area contributed by atoms with Crippen LogP contribution in [-0.4, -0.2) is 29.8 Å². The van der Waals surface area contributed by atoms with Gasteiger partial charge in [0.1, 0.15) is 11.5 Å². The van der Waals surface area contributed by atoms with Gasteiger partial charge in [-0.3, -0.25) is 4.79 Å². The van der Waals surface area contributed by atoms with Crippen LogP contribution < -0.4 is 9.47 Å². The molecule has 1 aliphatic carbocycles. The Bertz CT molecular complexity index is 1250. The molecular weight excluding hydrogens is 448 g/mol. The van der Waals surface area contributed by atoms with Gasteiger partial charge in [0, 0.05) is 11.5 Å². The van der Waals surface area contributed by atoms with Crippen LogP contribution in [0.4, 0.5) is 0 Å². The number of ether oxygens (including phenoxy) is 2. The van der Waals surface area contributed by atoms with E-state index in [1.807, 2.05) is 68.4 Å². The van der Waals surface area contributed by atoms with E-state index in [1.54, 1.807) is 5.01 Å². The number of carbonyl (C=O) groups is 1. The van der Waals surface area contributed by atoms with Crippen molar-refractivity contribution < 1.29 is 14.3 Å². The average molecular weight is 481 g/mol. The summed E-state index contributed by atoms with van der Waals surface area (Å²) in [5.74, 6) is 1.78. The van der Waals surface area contributed by atoms with Crippen molar-refractivity contribution in [2.24, 2.45) is 11.0 Å². The molecule has 1 heterocycles. The Labute approximate surface area is 213 Å². The number of nitrogens with zero attached hydrogens (tertiary/aromatic N) is 2. The number of amides is 1. The molecule has 0 radical (unpaired) electrons. The highest BCUT2D eigenvalue weighted by molar-refractivity contribution is 6.09. The lowest BCUT2D eigenvalue weighted by Gasteiger charge is -2.29. The molecule has 5 rings (SSSR count). The molecule has 5 nitrogen and oxygen atoms in total. The van der Waals surface area contributed by atoms with Gasteiger partial charge in [0.2, 0.25) is 0 Å². The number of hydrogen-bond acceptors (Lipinski definition) is 4. The van der Waals surface area contributed by atoms with Crippen LogP contribution in [0.3, 0.4) is 0 Å². The first-order valence-corrected chi connectivity index (χ1v) is 12.8. The smallest absolute Gasteiger partial charge is 0.274 e. The van der Waals surface area contributed by atoms with E-state index in [4.69, 9.17) is 14.6 Å². The minimum absolute atomic E-state index is 0.0724.